The summed E-state index contributed by atoms with van der Waals surface area (Å²) in [6, 6.07) is 0. The Hall–Kier alpha value is 0.150. The standard InChI is InChI=1S/C8H17O3P/c1-12(2,10)11-8-6-4-3-5-7(8)9/h7-9H,3-6H2,1-2H3. The first-order chi connectivity index (χ1) is 5.49. The molecule has 0 amide bonds. The van der Waals surface area contributed by atoms with Crippen molar-refractivity contribution in [2.24, 2.45) is 0 Å². The van der Waals surface area contributed by atoms with Gasteiger partial charge in [0.15, 0.2) is 7.37 Å². The highest BCUT2D eigenvalue weighted by Crippen LogP contribution is 2.41. The third-order valence-electron chi connectivity index (χ3n) is 2.06. The zero-order valence-corrected chi connectivity index (χ0v) is 8.59. The van der Waals surface area contributed by atoms with Gasteiger partial charge >= 0.3 is 0 Å². The van der Waals surface area contributed by atoms with E-state index in [1.54, 1.807) is 13.3 Å². The van der Waals surface area contributed by atoms with Crippen molar-refractivity contribution in [1.29, 1.82) is 0 Å². The van der Waals surface area contributed by atoms with Gasteiger partial charge in [0.05, 0.1) is 12.2 Å². The van der Waals surface area contributed by atoms with Crippen molar-refractivity contribution in [3.8, 4) is 0 Å². The van der Waals surface area contributed by atoms with E-state index in [-0.39, 0.29) is 6.10 Å². The molecule has 1 fully saturated rings. The molecular weight excluding hydrogens is 175 g/mol. The topological polar surface area (TPSA) is 46.5 Å². The molecule has 0 bridgehead atoms. The van der Waals surface area contributed by atoms with Crippen LogP contribution in [0.4, 0.5) is 0 Å². The van der Waals surface area contributed by atoms with Gasteiger partial charge in [-0.1, -0.05) is 12.8 Å². The smallest absolute Gasteiger partial charge is 0.197 e. The molecule has 0 aromatic heterocycles. The fraction of sp³-hybridized carbons (Fsp3) is 1.00. The SMILES string of the molecule is CP(C)(=O)OC1CCCCC1O. The second-order valence-electron chi connectivity index (χ2n) is 3.75. The van der Waals surface area contributed by atoms with Gasteiger partial charge in [-0.3, -0.25) is 4.57 Å². The summed E-state index contributed by atoms with van der Waals surface area (Å²) in [6.07, 6.45) is 3.14. The van der Waals surface area contributed by atoms with Gasteiger partial charge in [0.1, 0.15) is 0 Å². The van der Waals surface area contributed by atoms with Crippen LogP contribution in [0, 0.1) is 0 Å². The second kappa shape index (κ2) is 3.91. The Balaban J connectivity index is 2.44. The lowest BCUT2D eigenvalue weighted by atomic mass is 9.95. The van der Waals surface area contributed by atoms with Crippen LogP contribution in [0.1, 0.15) is 25.7 Å². The molecule has 4 heteroatoms. The lowest BCUT2D eigenvalue weighted by Gasteiger charge is -2.28. The molecule has 0 saturated heterocycles. The molecule has 1 saturated carbocycles. The minimum atomic E-state index is -2.43. The summed E-state index contributed by atoms with van der Waals surface area (Å²) in [5.41, 5.74) is 0. The molecule has 0 spiro atoms. The van der Waals surface area contributed by atoms with Gasteiger partial charge in [0.25, 0.3) is 0 Å². The molecule has 1 aliphatic carbocycles. The Morgan fingerprint density at radius 2 is 1.92 bits per heavy atom. The van der Waals surface area contributed by atoms with Crippen LogP contribution < -0.4 is 0 Å². The Morgan fingerprint density at radius 1 is 1.33 bits per heavy atom. The van der Waals surface area contributed by atoms with Crippen molar-refractivity contribution < 1.29 is 14.2 Å². The predicted molar refractivity (Wildman–Crippen MR) is 48.8 cm³/mol. The first-order valence-electron chi connectivity index (χ1n) is 4.40. The van der Waals surface area contributed by atoms with E-state index in [1.165, 1.54) is 0 Å². The fourth-order valence-corrected chi connectivity index (χ4v) is 2.42. The molecule has 12 heavy (non-hydrogen) atoms. The number of hydrogen-bond donors (Lipinski definition) is 1. The van der Waals surface area contributed by atoms with Crippen LogP contribution in [0.3, 0.4) is 0 Å². The van der Waals surface area contributed by atoms with Gasteiger partial charge in [0.2, 0.25) is 0 Å². The molecule has 1 aliphatic rings. The summed E-state index contributed by atoms with van der Waals surface area (Å²) in [5, 5.41) is 9.49. The summed E-state index contributed by atoms with van der Waals surface area (Å²) >= 11 is 0. The van der Waals surface area contributed by atoms with Crippen LogP contribution in [-0.4, -0.2) is 30.6 Å². The van der Waals surface area contributed by atoms with E-state index in [0.717, 1.165) is 25.7 Å². The van der Waals surface area contributed by atoms with Crippen molar-refractivity contribution >= 4 is 7.37 Å². The molecular formula is C8H17O3P. The maximum Gasteiger partial charge on any atom is 0.197 e. The molecule has 2 unspecified atom stereocenters. The van der Waals surface area contributed by atoms with Crippen LogP contribution in [0.5, 0.6) is 0 Å². The van der Waals surface area contributed by atoms with Crippen molar-refractivity contribution in [3.05, 3.63) is 0 Å². The zero-order valence-electron chi connectivity index (χ0n) is 7.69. The van der Waals surface area contributed by atoms with Gasteiger partial charge in [0, 0.05) is 13.3 Å². The maximum absolute atomic E-state index is 11.3. The van der Waals surface area contributed by atoms with Crippen molar-refractivity contribution in [2.45, 2.75) is 37.9 Å². The first kappa shape index (κ1) is 10.2. The van der Waals surface area contributed by atoms with Crippen molar-refractivity contribution in [1.82, 2.24) is 0 Å². The summed E-state index contributed by atoms with van der Waals surface area (Å²) in [4.78, 5) is 0. The fourth-order valence-electron chi connectivity index (χ4n) is 1.53. The summed E-state index contributed by atoms with van der Waals surface area (Å²) in [7, 11) is -2.43. The van der Waals surface area contributed by atoms with Crippen molar-refractivity contribution in [2.75, 3.05) is 13.3 Å². The monoisotopic (exact) mass is 192 g/mol. The van der Waals surface area contributed by atoms with Crippen LogP contribution >= 0.6 is 7.37 Å². The molecule has 0 heterocycles. The Kier molecular flexibility index (Phi) is 3.33. The average Bonchev–Trinajstić information content (AvgIpc) is 1.91. The molecule has 0 aromatic carbocycles. The molecule has 1 N–H and O–H groups in total. The van der Waals surface area contributed by atoms with Gasteiger partial charge < -0.3 is 9.63 Å². The average molecular weight is 192 g/mol. The largest absolute Gasteiger partial charge is 0.390 e. The van der Waals surface area contributed by atoms with E-state index < -0.39 is 13.5 Å². The molecule has 0 radical (unpaired) electrons. The molecule has 0 aliphatic heterocycles. The number of hydrogen-bond acceptors (Lipinski definition) is 3. The van der Waals surface area contributed by atoms with E-state index in [0.29, 0.717) is 0 Å². The zero-order chi connectivity index (χ0) is 9.19. The third-order valence-corrected chi connectivity index (χ3v) is 2.84. The van der Waals surface area contributed by atoms with Crippen LogP contribution in [0.2, 0.25) is 0 Å². The second-order valence-corrected chi connectivity index (χ2v) is 6.46. The van der Waals surface area contributed by atoms with Crippen molar-refractivity contribution in [3.63, 3.8) is 0 Å². The first-order valence-corrected chi connectivity index (χ1v) is 6.92. The third kappa shape index (κ3) is 3.26. The molecule has 72 valence electrons. The predicted octanol–water partition coefficient (Wildman–Crippen LogP) is 1.84. The van der Waals surface area contributed by atoms with Gasteiger partial charge in [-0.25, -0.2) is 0 Å². The summed E-state index contributed by atoms with van der Waals surface area (Å²) in [6.45, 7) is 3.18. The highest BCUT2D eigenvalue weighted by Gasteiger charge is 2.27. The molecule has 3 nitrogen and oxygen atoms in total. The quantitative estimate of drug-likeness (QED) is 0.679. The van der Waals surface area contributed by atoms with E-state index in [2.05, 4.69) is 0 Å². The van der Waals surface area contributed by atoms with E-state index in [4.69, 9.17) is 4.52 Å². The summed E-state index contributed by atoms with van der Waals surface area (Å²) < 4.78 is 16.6. The van der Waals surface area contributed by atoms with Gasteiger partial charge in [-0.2, -0.15) is 0 Å². The van der Waals surface area contributed by atoms with E-state index >= 15 is 0 Å². The Morgan fingerprint density at radius 3 is 2.42 bits per heavy atom. The minimum absolute atomic E-state index is 0.195. The number of aliphatic hydroxyl groups excluding tert-OH is 1. The molecule has 1 rings (SSSR count). The highest BCUT2D eigenvalue weighted by atomic mass is 31.2. The van der Waals surface area contributed by atoms with Gasteiger partial charge in [-0.05, 0) is 12.8 Å². The normalized spacial score (nSPS) is 31.9. The summed E-state index contributed by atoms with van der Waals surface area (Å²) in [5.74, 6) is 0. The van der Waals surface area contributed by atoms with Gasteiger partial charge in [-0.15, -0.1) is 0 Å². The number of rotatable bonds is 2. The molecule has 2 atom stereocenters. The van der Waals surface area contributed by atoms with Crippen LogP contribution in [0.25, 0.3) is 0 Å². The minimum Gasteiger partial charge on any atom is -0.390 e. The highest BCUT2D eigenvalue weighted by molar-refractivity contribution is 7.57. The molecule has 0 aromatic rings. The Labute approximate surface area is 73.6 Å². The van der Waals surface area contributed by atoms with E-state index in [1.807, 2.05) is 0 Å². The van der Waals surface area contributed by atoms with E-state index in [9.17, 15) is 9.67 Å². The number of aliphatic hydroxyl groups is 1. The van der Waals surface area contributed by atoms with Crippen LogP contribution in [0.15, 0.2) is 0 Å². The lowest BCUT2D eigenvalue weighted by molar-refractivity contribution is 0.00935. The Bertz CT molecular complexity index is 187. The lowest BCUT2D eigenvalue weighted by Crippen LogP contribution is -2.31. The maximum atomic E-state index is 11.3. The van der Waals surface area contributed by atoms with Crippen LogP contribution in [-0.2, 0) is 9.09 Å².